The highest BCUT2D eigenvalue weighted by molar-refractivity contribution is 5.84. The Morgan fingerprint density at radius 2 is 1.68 bits per heavy atom. The summed E-state index contributed by atoms with van der Waals surface area (Å²) in [6.45, 7) is 3.19. The van der Waals surface area contributed by atoms with Crippen molar-refractivity contribution in [3.8, 4) is 11.1 Å². The number of likely N-dealkylation sites (tertiary alicyclic amines) is 1. The highest BCUT2D eigenvalue weighted by Gasteiger charge is 2.34. The summed E-state index contributed by atoms with van der Waals surface area (Å²) in [4.78, 5) is 37.8. The molecule has 2 unspecified atom stereocenters. The van der Waals surface area contributed by atoms with Crippen LogP contribution in [0.2, 0.25) is 0 Å². The maximum Gasteiger partial charge on any atom is 0.407 e. The number of carboxylic acid groups (broad SMARTS) is 1. The van der Waals surface area contributed by atoms with Crippen LogP contribution in [0.5, 0.6) is 0 Å². The number of carbonyl (C=O) groups is 3. The molecule has 1 saturated heterocycles. The van der Waals surface area contributed by atoms with Crippen LogP contribution in [0.4, 0.5) is 4.79 Å². The number of amides is 2. The lowest BCUT2D eigenvalue weighted by atomic mass is 9.92. The minimum absolute atomic E-state index is 0.0187. The highest BCUT2D eigenvalue weighted by atomic mass is 16.5. The van der Waals surface area contributed by atoms with Crippen molar-refractivity contribution < 1.29 is 24.2 Å². The third-order valence-corrected chi connectivity index (χ3v) is 6.90. The van der Waals surface area contributed by atoms with Gasteiger partial charge in [0, 0.05) is 25.4 Å². The Balaban J connectivity index is 1.19. The van der Waals surface area contributed by atoms with Gasteiger partial charge in [-0.05, 0) is 53.9 Å². The molecular weight excluding hydrogens is 432 g/mol. The Kier molecular flexibility index (Phi) is 7.50. The summed E-state index contributed by atoms with van der Waals surface area (Å²) in [6, 6.07) is 15.7. The smallest absolute Gasteiger partial charge is 0.407 e. The van der Waals surface area contributed by atoms with E-state index >= 15 is 0 Å². The SMILES string of the molecule is CC1CCN(C(=O)CCCCNC(=O)OCC2c3ccccc3-c3ccccc32)C(C(=O)O)C1. The number of rotatable bonds is 8. The molecular formula is C27H32N2O5. The number of ether oxygens (including phenoxy) is 1. The Hall–Kier alpha value is -3.35. The minimum Gasteiger partial charge on any atom is -0.480 e. The molecule has 1 fully saturated rings. The number of hydrogen-bond acceptors (Lipinski definition) is 4. The van der Waals surface area contributed by atoms with Gasteiger partial charge in [-0.2, -0.15) is 0 Å². The Morgan fingerprint density at radius 3 is 2.32 bits per heavy atom. The summed E-state index contributed by atoms with van der Waals surface area (Å²) in [5.74, 6) is -0.728. The number of piperidine rings is 1. The number of aliphatic carboxylic acids is 1. The minimum atomic E-state index is -0.933. The van der Waals surface area contributed by atoms with Gasteiger partial charge in [0.05, 0.1) is 0 Å². The molecule has 34 heavy (non-hydrogen) atoms. The molecule has 0 bridgehead atoms. The third-order valence-electron chi connectivity index (χ3n) is 6.90. The predicted molar refractivity (Wildman–Crippen MR) is 128 cm³/mol. The first-order valence-electron chi connectivity index (χ1n) is 12.1. The molecule has 4 rings (SSSR count). The number of fused-ring (bicyclic) bond motifs is 3. The lowest BCUT2D eigenvalue weighted by Gasteiger charge is -2.36. The summed E-state index contributed by atoms with van der Waals surface area (Å²) in [5.41, 5.74) is 4.71. The second-order valence-electron chi connectivity index (χ2n) is 9.28. The number of nitrogens with one attached hydrogen (secondary N) is 1. The van der Waals surface area contributed by atoms with E-state index in [0.29, 0.717) is 38.3 Å². The van der Waals surface area contributed by atoms with Crippen molar-refractivity contribution in [3.63, 3.8) is 0 Å². The maximum absolute atomic E-state index is 12.5. The lowest BCUT2D eigenvalue weighted by molar-refractivity contribution is -0.153. The van der Waals surface area contributed by atoms with Gasteiger partial charge in [-0.15, -0.1) is 0 Å². The van der Waals surface area contributed by atoms with Crippen LogP contribution in [-0.2, 0) is 14.3 Å². The first-order valence-corrected chi connectivity index (χ1v) is 12.1. The summed E-state index contributed by atoms with van der Waals surface area (Å²) in [5, 5.41) is 12.2. The highest BCUT2D eigenvalue weighted by Crippen LogP contribution is 2.44. The van der Waals surface area contributed by atoms with Crippen LogP contribution in [0.3, 0.4) is 0 Å². The summed E-state index contributed by atoms with van der Waals surface area (Å²) in [6.07, 6.45) is 2.36. The maximum atomic E-state index is 12.5. The van der Waals surface area contributed by atoms with E-state index in [2.05, 4.69) is 29.6 Å². The fourth-order valence-corrected chi connectivity index (χ4v) is 5.06. The van der Waals surface area contributed by atoms with E-state index < -0.39 is 18.1 Å². The van der Waals surface area contributed by atoms with E-state index in [1.54, 1.807) is 0 Å². The Labute approximate surface area is 200 Å². The van der Waals surface area contributed by atoms with Gasteiger partial charge in [0.15, 0.2) is 0 Å². The standard InChI is InChI=1S/C27H32N2O5/c1-18-13-15-29(24(16-18)26(31)32)25(30)12-6-7-14-28-27(33)34-17-23-21-10-4-2-8-19(21)20-9-3-5-11-22(20)23/h2-5,8-11,18,23-24H,6-7,12-17H2,1H3,(H,28,33)(H,31,32). The van der Waals surface area contributed by atoms with Crippen molar-refractivity contribution in [1.29, 1.82) is 0 Å². The molecule has 2 amide bonds. The van der Waals surface area contributed by atoms with Gasteiger partial charge < -0.3 is 20.1 Å². The monoisotopic (exact) mass is 464 g/mol. The zero-order valence-electron chi connectivity index (χ0n) is 19.5. The van der Waals surface area contributed by atoms with E-state index in [-0.39, 0.29) is 24.9 Å². The van der Waals surface area contributed by atoms with Crippen molar-refractivity contribution in [2.75, 3.05) is 19.7 Å². The molecule has 1 heterocycles. The number of alkyl carbamates (subject to hydrolysis) is 1. The molecule has 0 spiro atoms. The second-order valence-corrected chi connectivity index (χ2v) is 9.28. The predicted octanol–water partition coefficient (Wildman–Crippen LogP) is 4.41. The largest absolute Gasteiger partial charge is 0.480 e. The number of carboxylic acids is 1. The molecule has 2 aliphatic rings. The van der Waals surface area contributed by atoms with Crippen molar-refractivity contribution in [1.82, 2.24) is 10.2 Å². The fourth-order valence-electron chi connectivity index (χ4n) is 5.06. The van der Waals surface area contributed by atoms with Crippen molar-refractivity contribution in [3.05, 3.63) is 59.7 Å². The molecule has 2 atom stereocenters. The van der Waals surface area contributed by atoms with Crippen LogP contribution in [0.15, 0.2) is 48.5 Å². The molecule has 0 aromatic heterocycles. The average molecular weight is 465 g/mol. The van der Waals surface area contributed by atoms with Gasteiger partial charge in [0.2, 0.25) is 5.91 Å². The Morgan fingerprint density at radius 1 is 1.03 bits per heavy atom. The van der Waals surface area contributed by atoms with E-state index in [1.165, 1.54) is 27.2 Å². The summed E-state index contributed by atoms with van der Waals surface area (Å²) in [7, 11) is 0. The van der Waals surface area contributed by atoms with Crippen molar-refractivity contribution >= 4 is 18.0 Å². The number of carbonyl (C=O) groups excluding carboxylic acids is 2. The van der Waals surface area contributed by atoms with E-state index in [9.17, 15) is 19.5 Å². The number of unbranched alkanes of at least 4 members (excludes halogenated alkanes) is 1. The summed E-state index contributed by atoms with van der Waals surface area (Å²) >= 11 is 0. The van der Waals surface area contributed by atoms with Crippen LogP contribution in [-0.4, -0.2) is 53.7 Å². The molecule has 2 aromatic carbocycles. The molecule has 0 radical (unpaired) electrons. The van der Waals surface area contributed by atoms with E-state index in [4.69, 9.17) is 4.74 Å². The van der Waals surface area contributed by atoms with Crippen LogP contribution < -0.4 is 5.32 Å². The molecule has 0 saturated carbocycles. The zero-order valence-corrected chi connectivity index (χ0v) is 19.5. The van der Waals surface area contributed by atoms with Crippen molar-refractivity contribution in [2.24, 2.45) is 5.92 Å². The molecule has 2 N–H and O–H groups in total. The summed E-state index contributed by atoms with van der Waals surface area (Å²) < 4.78 is 5.52. The van der Waals surface area contributed by atoms with Crippen LogP contribution >= 0.6 is 0 Å². The first kappa shape index (κ1) is 23.8. The number of benzene rings is 2. The van der Waals surface area contributed by atoms with Gasteiger partial charge >= 0.3 is 12.1 Å². The molecule has 180 valence electrons. The quantitative estimate of drug-likeness (QED) is 0.565. The number of hydrogen-bond donors (Lipinski definition) is 2. The normalized spacial score (nSPS) is 19.3. The lowest BCUT2D eigenvalue weighted by Crippen LogP contribution is -2.49. The zero-order chi connectivity index (χ0) is 24.1. The van der Waals surface area contributed by atoms with E-state index in [1.807, 2.05) is 31.2 Å². The van der Waals surface area contributed by atoms with Gasteiger partial charge in [0.1, 0.15) is 12.6 Å². The average Bonchev–Trinajstić information content (AvgIpc) is 3.16. The molecule has 7 nitrogen and oxygen atoms in total. The first-order chi connectivity index (χ1) is 16.5. The van der Waals surface area contributed by atoms with Gasteiger partial charge in [0.25, 0.3) is 0 Å². The second kappa shape index (κ2) is 10.7. The Bertz CT molecular complexity index is 1010. The van der Waals surface area contributed by atoms with Gasteiger partial charge in [-0.3, -0.25) is 4.79 Å². The molecule has 1 aliphatic heterocycles. The topological polar surface area (TPSA) is 95.9 Å². The third kappa shape index (κ3) is 5.24. The van der Waals surface area contributed by atoms with Crippen LogP contribution in [0, 0.1) is 5.92 Å². The fraction of sp³-hybridized carbons (Fsp3) is 0.444. The molecule has 2 aromatic rings. The number of nitrogens with zero attached hydrogens (tertiary/aromatic N) is 1. The molecule has 7 heteroatoms. The van der Waals surface area contributed by atoms with Crippen LogP contribution in [0.25, 0.3) is 11.1 Å². The van der Waals surface area contributed by atoms with Gasteiger partial charge in [-0.25, -0.2) is 9.59 Å². The van der Waals surface area contributed by atoms with Gasteiger partial charge in [-0.1, -0.05) is 55.5 Å². The van der Waals surface area contributed by atoms with Crippen LogP contribution in [0.1, 0.15) is 56.1 Å². The molecule has 1 aliphatic carbocycles. The van der Waals surface area contributed by atoms with E-state index in [0.717, 1.165) is 6.42 Å². The van der Waals surface area contributed by atoms with Crippen molar-refractivity contribution in [2.45, 2.75) is 51.0 Å².